The van der Waals surface area contributed by atoms with E-state index in [2.05, 4.69) is 22.8 Å². The highest BCUT2D eigenvalue weighted by Gasteiger charge is 2.43. The quantitative estimate of drug-likeness (QED) is 0.692. The van der Waals surface area contributed by atoms with Crippen LogP contribution in [0.3, 0.4) is 0 Å². The van der Waals surface area contributed by atoms with Crippen molar-refractivity contribution in [3.63, 3.8) is 0 Å². The molecule has 1 spiro atoms. The molecular weight excluding hydrogens is 456 g/mol. The van der Waals surface area contributed by atoms with Crippen molar-refractivity contribution in [3.8, 4) is 0 Å². The number of benzene rings is 2. The van der Waals surface area contributed by atoms with E-state index < -0.39 is 10.0 Å². The van der Waals surface area contributed by atoms with Gasteiger partial charge in [0, 0.05) is 26.2 Å². The van der Waals surface area contributed by atoms with Crippen LogP contribution in [-0.2, 0) is 29.4 Å². The maximum Gasteiger partial charge on any atom is 0.243 e. The lowest BCUT2D eigenvalue weighted by Gasteiger charge is -2.44. The fourth-order valence-corrected chi connectivity index (χ4v) is 6.74. The highest BCUT2D eigenvalue weighted by molar-refractivity contribution is 7.89. The molecule has 0 aromatic heterocycles. The summed E-state index contributed by atoms with van der Waals surface area (Å²) in [7, 11) is -3.48. The van der Waals surface area contributed by atoms with Gasteiger partial charge in [-0.05, 0) is 67.3 Å². The average molecular weight is 489 g/mol. The molecule has 5 rings (SSSR count). The molecule has 33 heavy (non-hydrogen) atoms. The molecule has 0 atom stereocenters. The third-order valence-corrected chi connectivity index (χ3v) is 9.03. The second-order valence-corrected chi connectivity index (χ2v) is 11.1. The number of aryl methyl sites for hydroxylation is 2. The summed E-state index contributed by atoms with van der Waals surface area (Å²) in [4.78, 5) is 5.24. The van der Waals surface area contributed by atoms with E-state index in [1.165, 1.54) is 23.1 Å². The molecule has 178 valence electrons. The summed E-state index contributed by atoms with van der Waals surface area (Å²) < 4.78 is 28.5. The predicted octanol–water partition coefficient (Wildman–Crippen LogP) is 3.30. The maximum atomic E-state index is 13.4. The number of piperidine rings is 1. The Bertz CT molecular complexity index is 1100. The molecular formula is C25H33ClN4O2S. The number of amidine groups is 1. The minimum absolute atomic E-state index is 0. The molecule has 0 saturated carbocycles. The molecule has 8 heteroatoms. The number of nitrogens with zero attached hydrogens (tertiary/aromatic N) is 2. The van der Waals surface area contributed by atoms with E-state index in [4.69, 9.17) is 4.99 Å². The van der Waals surface area contributed by atoms with Crippen LogP contribution >= 0.6 is 12.4 Å². The summed E-state index contributed by atoms with van der Waals surface area (Å²) in [6.45, 7) is 3.29. The molecule has 1 fully saturated rings. The first kappa shape index (κ1) is 24.2. The molecule has 2 aromatic rings. The zero-order valence-corrected chi connectivity index (χ0v) is 20.6. The van der Waals surface area contributed by atoms with E-state index in [9.17, 15) is 8.42 Å². The Hall–Kier alpha value is -1.93. The van der Waals surface area contributed by atoms with Crippen molar-refractivity contribution < 1.29 is 8.42 Å². The Labute approximate surface area is 203 Å². The van der Waals surface area contributed by atoms with Crippen LogP contribution in [0.4, 0.5) is 0 Å². The topological polar surface area (TPSA) is 73.8 Å². The van der Waals surface area contributed by atoms with Gasteiger partial charge in [0.2, 0.25) is 10.0 Å². The van der Waals surface area contributed by atoms with Gasteiger partial charge in [-0.1, -0.05) is 36.4 Å². The summed E-state index contributed by atoms with van der Waals surface area (Å²) in [5, 5.41) is 7.20. The van der Waals surface area contributed by atoms with Crippen LogP contribution in [0.25, 0.3) is 0 Å². The molecule has 1 saturated heterocycles. The lowest BCUT2D eigenvalue weighted by molar-refractivity contribution is 0.241. The average Bonchev–Trinajstić information content (AvgIpc) is 2.84. The fourth-order valence-electron chi connectivity index (χ4n) is 5.25. The van der Waals surface area contributed by atoms with Crippen LogP contribution in [-0.4, -0.2) is 50.3 Å². The maximum absolute atomic E-state index is 13.4. The third-order valence-electron chi connectivity index (χ3n) is 7.13. The van der Waals surface area contributed by atoms with Gasteiger partial charge in [-0.15, -0.1) is 12.4 Å². The third kappa shape index (κ3) is 4.97. The smallest absolute Gasteiger partial charge is 0.243 e. The molecule has 0 amide bonds. The van der Waals surface area contributed by atoms with Crippen molar-refractivity contribution in [1.29, 1.82) is 0 Å². The van der Waals surface area contributed by atoms with E-state index in [-0.39, 0.29) is 17.9 Å². The van der Waals surface area contributed by atoms with Crippen LogP contribution in [0, 0.1) is 0 Å². The SMILES string of the molecule is Cl.O=S(=O)(c1ccc2c(c1)CCCC2)N1CCC2(CC1)NCCN=C2NCc1ccccc1. The number of hydrogen-bond acceptors (Lipinski definition) is 5. The fraction of sp³-hybridized carbons (Fsp3) is 0.480. The Morgan fingerprint density at radius 2 is 1.73 bits per heavy atom. The first-order chi connectivity index (χ1) is 15.6. The van der Waals surface area contributed by atoms with Gasteiger partial charge in [0.1, 0.15) is 5.84 Å². The van der Waals surface area contributed by atoms with Crippen LogP contribution < -0.4 is 10.6 Å². The summed E-state index contributed by atoms with van der Waals surface area (Å²) >= 11 is 0. The van der Waals surface area contributed by atoms with Gasteiger partial charge in [-0.2, -0.15) is 4.31 Å². The summed E-state index contributed by atoms with van der Waals surface area (Å²) in [6.07, 6.45) is 5.83. The second-order valence-electron chi connectivity index (χ2n) is 9.12. The van der Waals surface area contributed by atoms with E-state index in [1.807, 2.05) is 30.3 Å². The van der Waals surface area contributed by atoms with Crippen molar-refractivity contribution in [3.05, 3.63) is 65.2 Å². The van der Waals surface area contributed by atoms with Crippen molar-refractivity contribution in [2.45, 2.75) is 55.5 Å². The molecule has 3 aliphatic rings. The molecule has 2 heterocycles. The molecule has 0 unspecified atom stereocenters. The lowest BCUT2D eigenvalue weighted by atomic mass is 9.85. The Morgan fingerprint density at radius 1 is 1.00 bits per heavy atom. The van der Waals surface area contributed by atoms with E-state index in [0.717, 1.165) is 57.6 Å². The molecule has 2 N–H and O–H groups in total. The lowest BCUT2D eigenvalue weighted by Crippen LogP contribution is -2.64. The first-order valence-corrected chi connectivity index (χ1v) is 13.2. The molecule has 1 aliphatic carbocycles. The van der Waals surface area contributed by atoms with Crippen molar-refractivity contribution in [2.24, 2.45) is 4.99 Å². The number of fused-ring (bicyclic) bond motifs is 1. The number of nitrogens with one attached hydrogen (secondary N) is 2. The van der Waals surface area contributed by atoms with Crippen LogP contribution in [0.5, 0.6) is 0 Å². The Kier molecular flexibility index (Phi) is 7.43. The number of aliphatic imine (C=N–C) groups is 1. The minimum Gasteiger partial charge on any atom is -0.368 e. The zero-order valence-electron chi connectivity index (χ0n) is 18.9. The second kappa shape index (κ2) is 10.1. The van der Waals surface area contributed by atoms with E-state index >= 15 is 0 Å². The number of rotatable bonds is 4. The molecule has 0 bridgehead atoms. The molecule has 2 aromatic carbocycles. The van der Waals surface area contributed by atoms with Crippen LogP contribution in [0.15, 0.2) is 58.4 Å². The molecule has 6 nitrogen and oxygen atoms in total. The normalized spacial score (nSPS) is 20.4. The molecule has 2 aliphatic heterocycles. The van der Waals surface area contributed by atoms with Crippen molar-refractivity contribution in [1.82, 2.24) is 14.9 Å². The molecule has 0 radical (unpaired) electrons. The summed E-state index contributed by atoms with van der Waals surface area (Å²) in [6, 6.07) is 16.0. The predicted molar refractivity (Wildman–Crippen MR) is 135 cm³/mol. The summed E-state index contributed by atoms with van der Waals surface area (Å²) in [5.74, 6) is 0.971. The number of halogens is 1. The number of hydrogen-bond donors (Lipinski definition) is 2. The van der Waals surface area contributed by atoms with Gasteiger partial charge in [0.05, 0.1) is 17.0 Å². The monoisotopic (exact) mass is 488 g/mol. The largest absolute Gasteiger partial charge is 0.368 e. The van der Waals surface area contributed by atoms with Crippen LogP contribution in [0.2, 0.25) is 0 Å². The van der Waals surface area contributed by atoms with Gasteiger partial charge in [-0.3, -0.25) is 4.99 Å². The zero-order chi connectivity index (χ0) is 22.0. The van der Waals surface area contributed by atoms with Crippen LogP contribution in [0.1, 0.15) is 42.4 Å². The van der Waals surface area contributed by atoms with Gasteiger partial charge in [0.25, 0.3) is 0 Å². The first-order valence-electron chi connectivity index (χ1n) is 11.8. The minimum atomic E-state index is -3.48. The standard InChI is InChI=1S/C25H32N4O2S.ClH/c30-32(31,23-11-10-21-8-4-5-9-22(21)18-23)29-16-12-25(13-17-29)24(26-14-15-28-25)27-19-20-6-2-1-3-7-20;/h1-3,6-7,10-11,18,28H,4-5,8-9,12-17,19H2,(H,26,27);1H. The van der Waals surface area contributed by atoms with E-state index in [1.54, 1.807) is 10.4 Å². The van der Waals surface area contributed by atoms with Gasteiger partial charge in [-0.25, -0.2) is 8.42 Å². The van der Waals surface area contributed by atoms with Crippen molar-refractivity contribution in [2.75, 3.05) is 26.2 Å². The van der Waals surface area contributed by atoms with Gasteiger partial charge >= 0.3 is 0 Å². The summed E-state index contributed by atoms with van der Waals surface area (Å²) in [5.41, 5.74) is 3.46. The highest BCUT2D eigenvalue weighted by Crippen LogP contribution is 2.31. The highest BCUT2D eigenvalue weighted by atomic mass is 35.5. The van der Waals surface area contributed by atoms with E-state index in [0.29, 0.717) is 18.0 Å². The Balaban J connectivity index is 0.00000259. The Morgan fingerprint density at radius 3 is 2.48 bits per heavy atom. The van der Waals surface area contributed by atoms with Crippen molar-refractivity contribution >= 4 is 28.3 Å². The number of sulfonamides is 1. The van der Waals surface area contributed by atoms with Gasteiger partial charge in [0.15, 0.2) is 0 Å². The van der Waals surface area contributed by atoms with Gasteiger partial charge < -0.3 is 10.6 Å².